The van der Waals surface area contributed by atoms with Gasteiger partial charge >= 0.3 is 17.7 Å². The number of rotatable bonds is 3. The van der Waals surface area contributed by atoms with Crippen molar-refractivity contribution in [3.05, 3.63) is 32.4 Å². The van der Waals surface area contributed by atoms with E-state index in [-0.39, 0.29) is 4.90 Å². The molecule has 1 atom stereocenters. The maximum atomic E-state index is 12.6. The minimum absolute atomic E-state index is 0.221. The van der Waals surface area contributed by atoms with Gasteiger partial charge in [-0.05, 0) is 0 Å². The van der Waals surface area contributed by atoms with Crippen molar-refractivity contribution in [3.63, 3.8) is 0 Å². The second-order valence-corrected chi connectivity index (χ2v) is 6.56. The summed E-state index contributed by atoms with van der Waals surface area (Å²) in [5.74, 6) is -1.42. The second kappa shape index (κ2) is 5.97. The van der Waals surface area contributed by atoms with E-state index in [9.17, 15) is 38.2 Å². The van der Waals surface area contributed by atoms with Crippen LogP contribution in [0.2, 0.25) is 0 Å². The number of nitro groups is 2. The highest BCUT2D eigenvalue weighted by Crippen LogP contribution is 2.47. The van der Waals surface area contributed by atoms with Crippen molar-refractivity contribution in [2.75, 3.05) is 19.1 Å². The number of ether oxygens (including phenoxy) is 2. The zero-order valence-corrected chi connectivity index (χ0v) is 13.4. The van der Waals surface area contributed by atoms with Crippen molar-refractivity contribution in [2.45, 2.75) is 10.3 Å². The number of anilines is 1. The van der Waals surface area contributed by atoms with Crippen LogP contribution in [0.4, 0.5) is 21.9 Å². The lowest BCUT2D eigenvalue weighted by Crippen LogP contribution is -2.46. The van der Waals surface area contributed by atoms with Gasteiger partial charge in [0.25, 0.3) is 5.69 Å². The van der Waals surface area contributed by atoms with Crippen molar-refractivity contribution in [1.82, 2.24) is 0 Å². The molecular formula is C11H9N3O10S. The van der Waals surface area contributed by atoms with E-state index < -0.39 is 59.1 Å². The lowest BCUT2D eigenvalue weighted by atomic mass is 10.2. The van der Waals surface area contributed by atoms with E-state index in [0.717, 1.165) is 14.2 Å². The fraction of sp³-hybridized carbons (Fsp3) is 0.273. The number of fused-ring (bicyclic) bond motifs is 1. The zero-order chi connectivity index (χ0) is 19.1. The number of carbonyl (C=O) groups is 2. The SMILES string of the molecule is COC(=O)[C@H]1N(C(=O)OC)c2c([N+](=O)[O-])cc([N+](=O)[O-])cc2S1(=O)=O. The van der Waals surface area contributed by atoms with E-state index in [1.54, 1.807) is 0 Å². The third kappa shape index (κ3) is 2.61. The first-order chi connectivity index (χ1) is 11.6. The Morgan fingerprint density at radius 2 is 1.72 bits per heavy atom. The van der Waals surface area contributed by atoms with Gasteiger partial charge in [-0.1, -0.05) is 0 Å². The van der Waals surface area contributed by atoms with Crippen LogP contribution in [0.5, 0.6) is 0 Å². The molecule has 0 N–H and O–H groups in total. The number of sulfone groups is 1. The molecule has 1 amide bonds. The Balaban J connectivity index is 2.95. The molecule has 1 aliphatic rings. The molecule has 0 unspecified atom stereocenters. The molecule has 14 heteroatoms. The van der Waals surface area contributed by atoms with Gasteiger partial charge in [0.2, 0.25) is 15.2 Å². The molecule has 0 bridgehead atoms. The summed E-state index contributed by atoms with van der Waals surface area (Å²) in [5, 5.41) is 19.9. The Bertz CT molecular complexity index is 909. The van der Waals surface area contributed by atoms with Crippen LogP contribution in [0.3, 0.4) is 0 Å². The smallest absolute Gasteiger partial charge is 0.415 e. The molecule has 13 nitrogen and oxygen atoms in total. The third-order valence-corrected chi connectivity index (χ3v) is 5.21. The Kier molecular flexibility index (Phi) is 4.31. The largest absolute Gasteiger partial charge is 0.467 e. The number of methoxy groups -OCH3 is 2. The molecule has 0 aliphatic carbocycles. The van der Waals surface area contributed by atoms with Gasteiger partial charge in [-0.25, -0.2) is 22.9 Å². The molecule has 0 fully saturated rings. The first-order valence-corrected chi connectivity index (χ1v) is 7.78. The summed E-state index contributed by atoms with van der Waals surface area (Å²) < 4.78 is 33.9. The minimum atomic E-state index is -4.73. The standard InChI is InChI=1S/C11H9N3O10S/c1-23-10(15)9-12(11(16)24-2)8-6(14(19)20)3-5(13(17)18)4-7(8)25(9,21)22/h3-4,9H,1-2H3/t9-/m0/s1. The Labute approximate surface area is 138 Å². The maximum Gasteiger partial charge on any atom is 0.415 e. The van der Waals surface area contributed by atoms with Crippen molar-refractivity contribution >= 4 is 39.0 Å². The summed E-state index contributed by atoms with van der Waals surface area (Å²) in [6.07, 6.45) is -1.39. The molecule has 1 aromatic carbocycles. The second-order valence-electron chi connectivity index (χ2n) is 4.59. The Morgan fingerprint density at radius 3 is 2.16 bits per heavy atom. The van der Waals surface area contributed by atoms with Gasteiger partial charge in [-0.2, -0.15) is 0 Å². The molecule has 1 aliphatic heterocycles. The quantitative estimate of drug-likeness (QED) is 0.407. The molecule has 0 radical (unpaired) electrons. The van der Waals surface area contributed by atoms with Gasteiger partial charge in [0.1, 0.15) is 10.6 Å². The predicted octanol–water partition coefficient (Wildman–Crippen LogP) is 0.362. The van der Waals surface area contributed by atoms with Crippen molar-refractivity contribution in [2.24, 2.45) is 0 Å². The van der Waals surface area contributed by atoms with Gasteiger partial charge in [-0.3, -0.25) is 20.2 Å². The molecule has 0 aromatic heterocycles. The molecule has 25 heavy (non-hydrogen) atoms. The van der Waals surface area contributed by atoms with Crippen LogP contribution >= 0.6 is 0 Å². The average molecular weight is 375 g/mol. The number of esters is 1. The van der Waals surface area contributed by atoms with Crippen molar-refractivity contribution < 1.29 is 37.3 Å². The Morgan fingerprint density at radius 1 is 1.12 bits per heavy atom. The number of hydrogen-bond acceptors (Lipinski definition) is 10. The first kappa shape index (κ1) is 18.1. The lowest BCUT2D eigenvalue weighted by molar-refractivity contribution is -0.394. The molecule has 1 heterocycles. The van der Waals surface area contributed by atoms with Gasteiger partial charge in [0.15, 0.2) is 0 Å². The average Bonchev–Trinajstić information content (AvgIpc) is 2.80. The minimum Gasteiger partial charge on any atom is -0.467 e. The number of nitrogens with zero attached hydrogens (tertiary/aromatic N) is 3. The summed E-state index contributed by atoms with van der Waals surface area (Å²) in [4.78, 5) is 43.1. The van der Waals surface area contributed by atoms with Crippen LogP contribution in [-0.2, 0) is 24.1 Å². The summed E-state index contributed by atoms with van der Waals surface area (Å²) in [6, 6.07) is 1.00. The predicted molar refractivity (Wildman–Crippen MR) is 77.6 cm³/mol. The summed E-state index contributed by atoms with van der Waals surface area (Å²) in [7, 11) is -3.03. The number of non-ortho nitro benzene ring substituents is 1. The highest BCUT2D eigenvalue weighted by atomic mass is 32.2. The van der Waals surface area contributed by atoms with Gasteiger partial charge in [0, 0.05) is 6.07 Å². The van der Waals surface area contributed by atoms with Crippen molar-refractivity contribution in [3.8, 4) is 0 Å². The monoisotopic (exact) mass is 375 g/mol. The summed E-state index contributed by atoms with van der Waals surface area (Å²) >= 11 is 0. The molecule has 1 aromatic rings. The fourth-order valence-corrected chi connectivity index (χ4v) is 4.09. The number of hydrogen-bond donors (Lipinski definition) is 0. The first-order valence-electron chi connectivity index (χ1n) is 6.23. The number of amides is 1. The highest BCUT2D eigenvalue weighted by Gasteiger charge is 2.55. The van der Waals surface area contributed by atoms with E-state index in [1.807, 2.05) is 0 Å². The van der Waals surface area contributed by atoms with Gasteiger partial charge in [0.05, 0.1) is 30.1 Å². The van der Waals surface area contributed by atoms with Crippen LogP contribution in [0.25, 0.3) is 0 Å². The summed E-state index contributed by atoms with van der Waals surface area (Å²) in [6.45, 7) is 0. The summed E-state index contributed by atoms with van der Waals surface area (Å²) in [5.41, 5.74) is -2.76. The molecule has 0 saturated carbocycles. The van der Waals surface area contributed by atoms with E-state index in [0.29, 0.717) is 12.1 Å². The number of nitro benzene ring substituents is 2. The maximum absolute atomic E-state index is 12.6. The van der Waals surface area contributed by atoms with Crippen LogP contribution in [-0.4, -0.2) is 49.9 Å². The van der Waals surface area contributed by atoms with Gasteiger partial charge < -0.3 is 9.47 Å². The Hall–Kier alpha value is -3.29. The normalized spacial score (nSPS) is 17.5. The fourth-order valence-electron chi connectivity index (χ4n) is 2.28. The number of benzene rings is 1. The molecule has 134 valence electrons. The van der Waals surface area contributed by atoms with E-state index in [4.69, 9.17) is 0 Å². The van der Waals surface area contributed by atoms with Gasteiger partial charge in [-0.15, -0.1) is 0 Å². The van der Waals surface area contributed by atoms with E-state index >= 15 is 0 Å². The molecule has 0 spiro atoms. The van der Waals surface area contributed by atoms with Crippen LogP contribution in [0, 0.1) is 20.2 Å². The van der Waals surface area contributed by atoms with Crippen LogP contribution < -0.4 is 4.90 Å². The topological polar surface area (TPSA) is 176 Å². The van der Waals surface area contributed by atoms with E-state index in [1.165, 1.54) is 0 Å². The van der Waals surface area contributed by atoms with Crippen LogP contribution in [0.1, 0.15) is 0 Å². The lowest BCUT2D eigenvalue weighted by Gasteiger charge is -2.20. The zero-order valence-electron chi connectivity index (χ0n) is 12.6. The van der Waals surface area contributed by atoms with Crippen LogP contribution in [0.15, 0.2) is 17.0 Å². The third-order valence-electron chi connectivity index (χ3n) is 3.30. The highest BCUT2D eigenvalue weighted by molar-refractivity contribution is 7.93. The molecular weight excluding hydrogens is 366 g/mol. The van der Waals surface area contributed by atoms with Crippen molar-refractivity contribution in [1.29, 1.82) is 0 Å². The molecule has 0 saturated heterocycles. The molecule has 2 rings (SSSR count). The van der Waals surface area contributed by atoms with E-state index in [2.05, 4.69) is 9.47 Å². The number of carbonyl (C=O) groups excluding carboxylic acids is 2.